The minimum Gasteiger partial charge on any atom is -0.375 e. The lowest BCUT2D eigenvalue weighted by Crippen LogP contribution is -2.36. The van der Waals surface area contributed by atoms with Crippen molar-refractivity contribution < 1.29 is 0 Å². The van der Waals surface area contributed by atoms with Gasteiger partial charge in [-0.3, -0.25) is 9.89 Å². The second-order valence-corrected chi connectivity index (χ2v) is 6.19. The third kappa shape index (κ3) is 5.75. The summed E-state index contributed by atoms with van der Waals surface area (Å²) in [4.78, 5) is 9.26. The van der Waals surface area contributed by atoms with Crippen LogP contribution in [0.25, 0.3) is 0 Å². The van der Waals surface area contributed by atoms with Crippen molar-refractivity contribution in [2.24, 2.45) is 10.7 Å². The minimum absolute atomic E-state index is 0.574. The van der Waals surface area contributed by atoms with Crippen LogP contribution in [-0.4, -0.2) is 56.7 Å². The van der Waals surface area contributed by atoms with Crippen LogP contribution in [0.4, 0.5) is 5.69 Å². The lowest BCUT2D eigenvalue weighted by molar-refractivity contribution is 0.273. The number of benzene rings is 1. The summed E-state index contributed by atoms with van der Waals surface area (Å²) in [7, 11) is 2.12. The Labute approximate surface area is 140 Å². The molecule has 1 saturated heterocycles. The molecule has 5 nitrogen and oxygen atoms in total. The predicted octanol–water partition coefficient (Wildman–Crippen LogP) is 1.90. The largest absolute Gasteiger partial charge is 0.375 e. The SMILES string of the molecule is CCN1CCCC1CN=C(N)NCCCN(C)c1ccccc1. The van der Waals surface area contributed by atoms with Gasteiger partial charge in [-0.15, -0.1) is 0 Å². The molecule has 0 bridgehead atoms. The summed E-state index contributed by atoms with van der Waals surface area (Å²) in [6, 6.07) is 11.0. The van der Waals surface area contributed by atoms with E-state index in [1.807, 2.05) is 6.07 Å². The van der Waals surface area contributed by atoms with Crippen molar-refractivity contribution in [2.45, 2.75) is 32.2 Å². The molecule has 0 spiro atoms. The van der Waals surface area contributed by atoms with Crippen molar-refractivity contribution >= 4 is 11.6 Å². The Morgan fingerprint density at radius 1 is 1.39 bits per heavy atom. The number of anilines is 1. The molecule has 1 aromatic carbocycles. The number of likely N-dealkylation sites (N-methyl/N-ethyl adjacent to an activating group) is 1. The number of rotatable bonds is 8. The van der Waals surface area contributed by atoms with Crippen LogP contribution in [0.3, 0.4) is 0 Å². The van der Waals surface area contributed by atoms with Crippen molar-refractivity contribution in [3.8, 4) is 0 Å². The van der Waals surface area contributed by atoms with E-state index in [9.17, 15) is 0 Å². The summed E-state index contributed by atoms with van der Waals surface area (Å²) >= 11 is 0. The lowest BCUT2D eigenvalue weighted by Gasteiger charge is -2.21. The predicted molar refractivity (Wildman–Crippen MR) is 99.1 cm³/mol. The number of nitrogens with zero attached hydrogens (tertiary/aromatic N) is 3. The van der Waals surface area contributed by atoms with Gasteiger partial charge in [-0.1, -0.05) is 25.1 Å². The highest BCUT2D eigenvalue weighted by Crippen LogP contribution is 2.16. The first-order chi connectivity index (χ1) is 11.2. The number of para-hydroxylation sites is 1. The number of nitrogens with two attached hydrogens (primary N) is 1. The molecule has 23 heavy (non-hydrogen) atoms. The van der Waals surface area contributed by atoms with Gasteiger partial charge < -0.3 is 16.0 Å². The van der Waals surface area contributed by atoms with Crippen molar-refractivity contribution in [1.82, 2.24) is 10.2 Å². The number of likely N-dealkylation sites (tertiary alicyclic amines) is 1. The molecule has 128 valence electrons. The maximum absolute atomic E-state index is 5.97. The third-order valence-electron chi connectivity index (χ3n) is 4.55. The van der Waals surface area contributed by atoms with E-state index >= 15 is 0 Å². The number of guanidine groups is 1. The molecule has 0 amide bonds. The van der Waals surface area contributed by atoms with Gasteiger partial charge in [0.1, 0.15) is 0 Å². The third-order valence-corrected chi connectivity index (χ3v) is 4.55. The molecule has 0 aromatic heterocycles. The van der Waals surface area contributed by atoms with E-state index in [4.69, 9.17) is 5.73 Å². The van der Waals surface area contributed by atoms with Crippen LogP contribution in [0.5, 0.6) is 0 Å². The zero-order valence-electron chi connectivity index (χ0n) is 14.5. The Morgan fingerprint density at radius 2 is 2.17 bits per heavy atom. The zero-order chi connectivity index (χ0) is 16.5. The molecule has 1 atom stereocenters. The molecule has 1 unspecified atom stereocenters. The Hall–Kier alpha value is -1.75. The molecule has 0 saturated carbocycles. The van der Waals surface area contributed by atoms with Crippen molar-refractivity contribution in [2.75, 3.05) is 44.7 Å². The number of nitrogens with one attached hydrogen (secondary N) is 1. The van der Waals surface area contributed by atoms with E-state index in [2.05, 4.69) is 58.3 Å². The molecule has 5 heteroatoms. The van der Waals surface area contributed by atoms with Gasteiger partial charge in [-0.25, -0.2) is 0 Å². The van der Waals surface area contributed by atoms with Gasteiger partial charge in [0.15, 0.2) is 5.96 Å². The number of hydrogen-bond acceptors (Lipinski definition) is 3. The average molecular weight is 317 g/mol. The molecule has 1 heterocycles. The van der Waals surface area contributed by atoms with E-state index in [1.54, 1.807) is 0 Å². The van der Waals surface area contributed by atoms with Crippen LogP contribution in [0, 0.1) is 0 Å². The lowest BCUT2D eigenvalue weighted by atomic mass is 10.2. The summed E-state index contributed by atoms with van der Waals surface area (Å²) in [5.74, 6) is 0.579. The van der Waals surface area contributed by atoms with Crippen molar-refractivity contribution in [3.63, 3.8) is 0 Å². The van der Waals surface area contributed by atoms with Crippen LogP contribution < -0.4 is 16.0 Å². The standard InChI is InChI=1S/C18H31N5/c1-3-23-14-7-11-17(23)15-21-18(19)20-12-8-13-22(2)16-9-5-4-6-10-16/h4-6,9-10,17H,3,7-8,11-15H2,1-2H3,(H3,19,20,21). The summed E-state index contributed by atoms with van der Waals surface area (Å²) in [6.45, 7) is 7.20. The topological polar surface area (TPSA) is 56.9 Å². The second kappa shape index (κ2) is 9.40. The van der Waals surface area contributed by atoms with Gasteiger partial charge in [0.25, 0.3) is 0 Å². The monoisotopic (exact) mass is 317 g/mol. The first kappa shape index (κ1) is 17.6. The van der Waals surface area contributed by atoms with Crippen LogP contribution >= 0.6 is 0 Å². The summed E-state index contributed by atoms with van der Waals surface area (Å²) < 4.78 is 0. The minimum atomic E-state index is 0.574. The fourth-order valence-electron chi connectivity index (χ4n) is 3.12. The average Bonchev–Trinajstić information content (AvgIpc) is 3.05. The van der Waals surface area contributed by atoms with Gasteiger partial charge in [-0.05, 0) is 44.5 Å². The molecule has 1 aliphatic rings. The van der Waals surface area contributed by atoms with E-state index in [0.29, 0.717) is 12.0 Å². The number of hydrogen-bond donors (Lipinski definition) is 2. The van der Waals surface area contributed by atoms with Crippen molar-refractivity contribution in [3.05, 3.63) is 30.3 Å². The second-order valence-electron chi connectivity index (χ2n) is 6.19. The summed E-state index contributed by atoms with van der Waals surface area (Å²) in [5, 5.41) is 3.23. The highest BCUT2D eigenvalue weighted by Gasteiger charge is 2.22. The molecular weight excluding hydrogens is 286 g/mol. The van der Waals surface area contributed by atoms with Gasteiger partial charge in [-0.2, -0.15) is 0 Å². The summed E-state index contributed by atoms with van der Waals surface area (Å²) in [6.07, 6.45) is 3.56. The molecule has 1 aliphatic heterocycles. The molecule has 0 aliphatic carbocycles. The van der Waals surface area contributed by atoms with E-state index in [1.165, 1.54) is 25.1 Å². The van der Waals surface area contributed by atoms with E-state index in [-0.39, 0.29) is 0 Å². The summed E-state index contributed by atoms with van der Waals surface area (Å²) in [5.41, 5.74) is 7.22. The smallest absolute Gasteiger partial charge is 0.188 e. The van der Waals surface area contributed by atoms with Crippen LogP contribution in [0.2, 0.25) is 0 Å². The molecule has 1 aromatic rings. The highest BCUT2D eigenvalue weighted by molar-refractivity contribution is 5.77. The van der Waals surface area contributed by atoms with Crippen molar-refractivity contribution in [1.29, 1.82) is 0 Å². The Kier molecular flexibility index (Phi) is 7.20. The van der Waals surface area contributed by atoms with Crippen LogP contribution in [0.1, 0.15) is 26.2 Å². The van der Waals surface area contributed by atoms with Crippen LogP contribution in [-0.2, 0) is 0 Å². The maximum atomic E-state index is 5.97. The van der Waals surface area contributed by atoms with E-state index < -0.39 is 0 Å². The fourth-order valence-corrected chi connectivity index (χ4v) is 3.12. The zero-order valence-corrected chi connectivity index (χ0v) is 14.5. The Balaban J connectivity index is 1.62. The molecule has 2 rings (SSSR count). The Bertz CT molecular complexity index is 474. The molecule has 3 N–H and O–H groups in total. The highest BCUT2D eigenvalue weighted by atomic mass is 15.2. The van der Waals surface area contributed by atoms with Gasteiger partial charge in [0.2, 0.25) is 0 Å². The number of aliphatic imine (C=N–C) groups is 1. The van der Waals surface area contributed by atoms with Crippen LogP contribution in [0.15, 0.2) is 35.3 Å². The quantitative estimate of drug-likeness (QED) is 0.437. The van der Waals surface area contributed by atoms with Gasteiger partial charge in [0.05, 0.1) is 6.54 Å². The first-order valence-corrected chi connectivity index (χ1v) is 8.74. The Morgan fingerprint density at radius 3 is 2.91 bits per heavy atom. The molecule has 0 radical (unpaired) electrons. The first-order valence-electron chi connectivity index (χ1n) is 8.74. The molecular formula is C18H31N5. The van der Waals surface area contributed by atoms with Gasteiger partial charge >= 0.3 is 0 Å². The fraction of sp³-hybridized carbons (Fsp3) is 0.611. The van der Waals surface area contributed by atoms with E-state index in [0.717, 1.165) is 32.6 Å². The molecule has 1 fully saturated rings. The normalized spacial score (nSPS) is 19.0. The van der Waals surface area contributed by atoms with Gasteiger partial charge in [0, 0.05) is 31.9 Å². The maximum Gasteiger partial charge on any atom is 0.188 e.